The molecule has 0 fully saturated rings. The van der Waals surface area contributed by atoms with Crippen molar-refractivity contribution >= 4 is 39.0 Å². The van der Waals surface area contributed by atoms with Gasteiger partial charge in [-0.1, -0.05) is 59.4 Å². The van der Waals surface area contributed by atoms with E-state index >= 15 is 0 Å². The van der Waals surface area contributed by atoms with E-state index in [1.54, 1.807) is 24.3 Å². The Kier molecular flexibility index (Phi) is 10.4. The van der Waals surface area contributed by atoms with Crippen molar-refractivity contribution in [3.63, 3.8) is 0 Å². The molecule has 0 spiro atoms. The third kappa shape index (κ3) is 8.40. The van der Waals surface area contributed by atoms with Gasteiger partial charge >= 0.3 is 0 Å². The molecule has 4 aromatic rings. The fourth-order valence-corrected chi connectivity index (χ4v) is 7.16. The Morgan fingerprint density at radius 2 is 1.93 bits per heavy atom. The Morgan fingerprint density at radius 1 is 1.12 bits per heavy atom. The zero-order valence-corrected chi connectivity index (χ0v) is 25.9. The number of benzene rings is 3. The van der Waals surface area contributed by atoms with Gasteiger partial charge in [-0.05, 0) is 55.6 Å². The van der Waals surface area contributed by atoms with Gasteiger partial charge in [0.05, 0.1) is 22.1 Å². The molecule has 3 aromatic carbocycles. The van der Waals surface area contributed by atoms with Crippen LogP contribution in [0, 0.1) is 5.82 Å². The summed E-state index contributed by atoms with van der Waals surface area (Å²) in [4.78, 5) is 24.2. The minimum atomic E-state index is -0.308. The molecule has 1 atom stereocenters. The van der Waals surface area contributed by atoms with Gasteiger partial charge in [0.2, 0.25) is 5.91 Å². The van der Waals surface area contributed by atoms with E-state index in [1.807, 2.05) is 49.6 Å². The van der Waals surface area contributed by atoms with E-state index in [-0.39, 0.29) is 28.8 Å². The van der Waals surface area contributed by atoms with Gasteiger partial charge < -0.3 is 19.5 Å². The normalized spacial score (nSPS) is 14.4. The average Bonchev–Trinajstić information content (AvgIpc) is 3.42. The zero-order valence-electron chi connectivity index (χ0n) is 24.3. The Hall–Kier alpha value is -3.79. The lowest BCUT2D eigenvalue weighted by Gasteiger charge is -2.17. The van der Waals surface area contributed by atoms with Crippen LogP contribution in [0.15, 0.2) is 89.1 Å². The molecule has 1 unspecified atom stereocenters. The predicted octanol–water partition coefficient (Wildman–Crippen LogP) is 5.59. The van der Waals surface area contributed by atoms with Crippen LogP contribution in [0.4, 0.5) is 10.1 Å². The number of halogens is 2. The molecule has 1 amide bonds. The van der Waals surface area contributed by atoms with Crippen molar-refractivity contribution in [3.8, 4) is 5.75 Å². The molecule has 1 N–H and O–H groups in total. The van der Waals surface area contributed by atoms with E-state index in [9.17, 15) is 9.18 Å². The summed E-state index contributed by atoms with van der Waals surface area (Å²) in [6.07, 6.45) is 3.03. The first-order valence-electron chi connectivity index (χ1n) is 14.1. The van der Waals surface area contributed by atoms with Gasteiger partial charge in [-0.15, -0.1) is 10.5 Å². The molecule has 1 aromatic heterocycles. The molecule has 1 aliphatic rings. The van der Waals surface area contributed by atoms with Gasteiger partial charge in [-0.25, -0.2) is 14.4 Å². The summed E-state index contributed by atoms with van der Waals surface area (Å²) in [5.74, 6) is 0.995. The first-order valence-corrected chi connectivity index (χ1v) is 16.0. The topological polar surface area (TPSA) is 71.8 Å². The molecule has 2 heterocycles. The van der Waals surface area contributed by atoms with Gasteiger partial charge in [0.25, 0.3) is 0 Å². The van der Waals surface area contributed by atoms with Crippen LogP contribution in [0.1, 0.15) is 23.1 Å². The van der Waals surface area contributed by atoms with Crippen LogP contribution in [-0.4, -0.2) is 58.7 Å². The van der Waals surface area contributed by atoms with Crippen molar-refractivity contribution in [1.29, 1.82) is 0 Å². The molecular weight excluding hydrogens is 585 g/mol. The number of hydrogen-bond acceptors (Lipinski definition) is 5. The summed E-state index contributed by atoms with van der Waals surface area (Å²) in [6.45, 7) is 2.34. The third-order valence-corrected chi connectivity index (χ3v) is 9.39. The van der Waals surface area contributed by atoms with Crippen LogP contribution in [0.3, 0.4) is 0 Å². The van der Waals surface area contributed by atoms with Crippen molar-refractivity contribution in [3.05, 3.63) is 112 Å². The summed E-state index contributed by atoms with van der Waals surface area (Å²) < 4.78 is 21.5. The second-order valence-electron chi connectivity index (χ2n) is 10.5. The van der Waals surface area contributed by atoms with Gasteiger partial charge in [0.15, 0.2) is 5.49 Å². The number of likely N-dealkylation sites (N-methyl/N-ethyl adjacent to an activating group) is 1. The van der Waals surface area contributed by atoms with Crippen LogP contribution in [0.25, 0.3) is 0 Å². The molecule has 5 rings (SSSR count). The Balaban J connectivity index is 1.37. The first kappa shape index (κ1) is 30.7. The summed E-state index contributed by atoms with van der Waals surface area (Å²) in [5.41, 5.74) is 4.27. The van der Waals surface area contributed by atoms with Crippen molar-refractivity contribution in [2.24, 2.45) is 4.99 Å². The Morgan fingerprint density at radius 3 is 2.70 bits per heavy atom. The summed E-state index contributed by atoms with van der Waals surface area (Å²) in [6, 6.07) is 21.9. The van der Waals surface area contributed by atoms with Crippen LogP contribution in [0.5, 0.6) is 5.75 Å². The van der Waals surface area contributed by atoms with Crippen LogP contribution < -0.4 is 15.5 Å². The summed E-state index contributed by atoms with van der Waals surface area (Å²) >= 11 is 6.54. The number of hydrogen-bond donors (Lipinski definition) is 1. The first-order chi connectivity index (χ1) is 20.9. The number of nitrogens with one attached hydrogen (secondary N) is 1. The van der Waals surface area contributed by atoms with Gasteiger partial charge in [-0.2, -0.15) is 0 Å². The highest BCUT2D eigenvalue weighted by Gasteiger charge is 2.20. The smallest absolute Gasteiger partial charge is 0.220 e. The van der Waals surface area contributed by atoms with E-state index in [2.05, 4.69) is 27.4 Å². The number of aromatic nitrogens is 2. The maximum Gasteiger partial charge on any atom is 0.220 e. The maximum atomic E-state index is 13.5. The van der Waals surface area contributed by atoms with Crippen molar-refractivity contribution in [2.45, 2.75) is 31.0 Å². The lowest BCUT2D eigenvalue weighted by Crippen LogP contribution is -2.31. The maximum absolute atomic E-state index is 13.5. The molecule has 0 bridgehead atoms. The highest BCUT2D eigenvalue weighted by molar-refractivity contribution is 8.15. The van der Waals surface area contributed by atoms with E-state index in [0.29, 0.717) is 41.5 Å². The third-order valence-electron chi connectivity index (χ3n) is 6.91. The minimum absolute atomic E-state index is 0.0686. The van der Waals surface area contributed by atoms with Crippen LogP contribution >= 0.6 is 22.1 Å². The monoisotopic (exact) mass is 619 g/mol. The SMILES string of the molecule is CN(C)CCNC(=O)CCS1=CCc2c1n(Cc1ccccc1)cnc2=Nc1ccc(OCc2cccc(F)c2)c(Cl)c1. The van der Waals surface area contributed by atoms with Crippen molar-refractivity contribution < 1.29 is 13.9 Å². The number of carbonyl (C=O) groups excluding carboxylic acids is 1. The molecule has 10 heteroatoms. The second kappa shape index (κ2) is 14.6. The van der Waals surface area contributed by atoms with Gasteiger partial charge in [-0.3, -0.25) is 4.79 Å². The Bertz CT molecular complexity index is 1690. The molecular formula is C33H35ClFN5O2S. The second-order valence-corrected chi connectivity index (χ2v) is 12.9. The van der Waals surface area contributed by atoms with E-state index in [1.165, 1.54) is 22.7 Å². The van der Waals surface area contributed by atoms with E-state index < -0.39 is 0 Å². The molecule has 0 radical (unpaired) electrons. The highest BCUT2D eigenvalue weighted by Crippen LogP contribution is 2.35. The molecule has 0 saturated heterocycles. The number of ether oxygens (including phenoxy) is 1. The number of rotatable bonds is 12. The number of amides is 1. The quantitative estimate of drug-likeness (QED) is 0.166. The van der Waals surface area contributed by atoms with Crippen molar-refractivity contribution in [2.75, 3.05) is 32.9 Å². The number of carbonyl (C=O) groups is 1. The summed E-state index contributed by atoms with van der Waals surface area (Å²) in [5, 5.41) is 6.89. The van der Waals surface area contributed by atoms with Gasteiger partial charge in [0.1, 0.15) is 18.2 Å². The molecule has 43 heavy (non-hydrogen) atoms. The molecule has 0 aliphatic carbocycles. The van der Waals surface area contributed by atoms with Gasteiger partial charge in [0, 0.05) is 43.8 Å². The largest absolute Gasteiger partial charge is 0.487 e. The molecule has 0 saturated carbocycles. The van der Waals surface area contributed by atoms with E-state index in [0.717, 1.165) is 29.8 Å². The number of fused-ring (bicyclic) bond motifs is 1. The molecule has 1 aliphatic heterocycles. The number of nitrogens with zero attached hydrogens (tertiary/aromatic N) is 4. The summed E-state index contributed by atoms with van der Waals surface area (Å²) in [7, 11) is 3.76. The van der Waals surface area contributed by atoms with E-state index in [4.69, 9.17) is 26.3 Å². The predicted molar refractivity (Wildman–Crippen MR) is 172 cm³/mol. The molecule has 7 nitrogen and oxygen atoms in total. The standard InChI is InChI=1S/C33H35ClFN5O2S/c1-39(2)16-15-36-31(41)14-18-43-17-13-28-32(37-23-40(33(28)43)21-24-7-4-3-5-8-24)38-27-11-12-30(29(34)20-27)42-22-25-9-6-10-26(35)19-25/h3-12,17,19-20,23H,13-16,18,21-22H2,1-2H3,(H,36,41). The highest BCUT2D eigenvalue weighted by atomic mass is 35.5. The average molecular weight is 620 g/mol. The Labute approximate surface area is 259 Å². The van der Waals surface area contributed by atoms with Crippen molar-refractivity contribution in [1.82, 2.24) is 19.8 Å². The van der Waals surface area contributed by atoms with Crippen LogP contribution in [-0.2, 0) is 24.4 Å². The zero-order chi connectivity index (χ0) is 30.2. The van der Waals surface area contributed by atoms with Crippen LogP contribution in [0.2, 0.25) is 5.02 Å². The molecule has 224 valence electrons. The fourth-order valence-electron chi connectivity index (χ4n) is 4.74. The minimum Gasteiger partial charge on any atom is -0.487 e. The lowest BCUT2D eigenvalue weighted by molar-refractivity contribution is -0.120. The fraction of sp³-hybridized carbons (Fsp3) is 0.273. The lowest BCUT2D eigenvalue weighted by atomic mass is 10.2.